The van der Waals surface area contributed by atoms with Crippen LogP contribution in [0.15, 0.2) is 48.5 Å². The molecule has 0 spiro atoms. The van der Waals surface area contributed by atoms with Crippen LogP contribution in [0.25, 0.3) is 0 Å². The molecule has 3 amide bonds. The number of carbonyl (C=O) groups excluding carboxylic acids is 3. The number of benzene rings is 2. The number of amides is 3. The van der Waals surface area contributed by atoms with E-state index in [2.05, 4.69) is 36.7 Å². The lowest BCUT2D eigenvalue weighted by Gasteiger charge is -2.19. The lowest BCUT2D eigenvalue weighted by molar-refractivity contribution is -0.116. The molecule has 0 heterocycles. The van der Waals surface area contributed by atoms with Gasteiger partial charge in [0.1, 0.15) is 0 Å². The molecule has 3 N–H and O–H groups in total. The van der Waals surface area contributed by atoms with E-state index < -0.39 is 0 Å². The Hall–Kier alpha value is -3.15. The molecule has 2 rings (SSSR count). The van der Waals surface area contributed by atoms with Crippen LogP contribution in [0.4, 0.5) is 11.4 Å². The third-order valence-electron chi connectivity index (χ3n) is 4.12. The van der Waals surface area contributed by atoms with E-state index in [4.69, 9.17) is 0 Å². The van der Waals surface area contributed by atoms with Gasteiger partial charge in [0.05, 0.1) is 0 Å². The van der Waals surface area contributed by atoms with Crippen LogP contribution in [0, 0.1) is 0 Å². The van der Waals surface area contributed by atoms with E-state index in [9.17, 15) is 14.4 Å². The van der Waals surface area contributed by atoms with E-state index in [-0.39, 0.29) is 36.1 Å². The van der Waals surface area contributed by atoms with Crippen LogP contribution in [-0.2, 0) is 15.0 Å². The van der Waals surface area contributed by atoms with Gasteiger partial charge in [-0.05, 0) is 41.3 Å². The Morgan fingerprint density at radius 2 is 1.50 bits per heavy atom. The number of rotatable bonds is 6. The van der Waals surface area contributed by atoms with Crippen LogP contribution in [0.5, 0.6) is 0 Å². The normalized spacial score (nSPS) is 10.9. The maximum Gasteiger partial charge on any atom is 0.251 e. The predicted molar refractivity (Wildman–Crippen MR) is 111 cm³/mol. The highest BCUT2D eigenvalue weighted by Crippen LogP contribution is 2.22. The number of hydrogen-bond donors (Lipinski definition) is 3. The number of carbonyl (C=O) groups is 3. The molecule has 6 heteroatoms. The Morgan fingerprint density at radius 3 is 2.07 bits per heavy atom. The summed E-state index contributed by atoms with van der Waals surface area (Å²) in [6.07, 6.45) is 0.149. The zero-order valence-electron chi connectivity index (χ0n) is 16.8. The van der Waals surface area contributed by atoms with Gasteiger partial charge >= 0.3 is 0 Å². The molecule has 0 unspecified atom stereocenters. The summed E-state index contributed by atoms with van der Waals surface area (Å²) in [7, 11) is 0. The SMILES string of the molecule is CC(=O)Nc1cccc(NC(=O)CCNC(=O)c2ccc(C(C)(C)C)cc2)c1. The van der Waals surface area contributed by atoms with Gasteiger partial charge < -0.3 is 16.0 Å². The average Bonchev–Trinajstić information content (AvgIpc) is 2.60. The van der Waals surface area contributed by atoms with Crippen LogP contribution in [0.3, 0.4) is 0 Å². The fourth-order valence-electron chi connectivity index (χ4n) is 2.61. The van der Waals surface area contributed by atoms with Crippen molar-refractivity contribution in [2.45, 2.75) is 39.5 Å². The lowest BCUT2D eigenvalue weighted by atomic mass is 9.87. The molecule has 0 saturated carbocycles. The first-order valence-corrected chi connectivity index (χ1v) is 9.21. The molecule has 0 atom stereocenters. The predicted octanol–water partition coefficient (Wildman–Crippen LogP) is 3.70. The highest BCUT2D eigenvalue weighted by molar-refractivity contribution is 5.96. The summed E-state index contributed by atoms with van der Waals surface area (Å²) in [6, 6.07) is 14.4. The Morgan fingerprint density at radius 1 is 0.893 bits per heavy atom. The minimum Gasteiger partial charge on any atom is -0.352 e. The largest absolute Gasteiger partial charge is 0.352 e. The Labute approximate surface area is 165 Å². The van der Waals surface area contributed by atoms with Crippen molar-refractivity contribution in [3.63, 3.8) is 0 Å². The quantitative estimate of drug-likeness (QED) is 0.713. The highest BCUT2D eigenvalue weighted by Gasteiger charge is 2.14. The van der Waals surface area contributed by atoms with Crippen molar-refractivity contribution in [1.82, 2.24) is 5.32 Å². The maximum absolute atomic E-state index is 12.2. The fourth-order valence-corrected chi connectivity index (χ4v) is 2.61. The molecule has 0 radical (unpaired) electrons. The molecule has 0 aromatic heterocycles. The third kappa shape index (κ3) is 6.54. The van der Waals surface area contributed by atoms with Crippen molar-refractivity contribution < 1.29 is 14.4 Å². The van der Waals surface area contributed by atoms with Crippen molar-refractivity contribution >= 4 is 29.1 Å². The molecule has 0 aliphatic heterocycles. The molecule has 148 valence electrons. The van der Waals surface area contributed by atoms with Crippen molar-refractivity contribution in [2.24, 2.45) is 0 Å². The van der Waals surface area contributed by atoms with E-state index in [0.29, 0.717) is 16.9 Å². The second kappa shape index (κ2) is 9.17. The van der Waals surface area contributed by atoms with Crippen molar-refractivity contribution in [1.29, 1.82) is 0 Å². The first kappa shape index (κ1) is 21.2. The van der Waals surface area contributed by atoms with Crippen LogP contribution in [-0.4, -0.2) is 24.3 Å². The summed E-state index contributed by atoms with van der Waals surface area (Å²) < 4.78 is 0. The highest BCUT2D eigenvalue weighted by atomic mass is 16.2. The molecule has 0 fully saturated rings. The average molecular weight is 381 g/mol. The Kier molecular flexibility index (Phi) is 6.93. The van der Waals surface area contributed by atoms with Gasteiger partial charge in [0.15, 0.2) is 0 Å². The molecule has 0 saturated heterocycles. The first-order valence-electron chi connectivity index (χ1n) is 9.21. The van der Waals surface area contributed by atoms with Crippen LogP contribution >= 0.6 is 0 Å². The van der Waals surface area contributed by atoms with Crippen LogP contribution in [0.2, 0.25) is 0 Å². The topological polar surface area (TPSA) is 87.3 Å². The van der Waals surface area contributed by atoms with Crippen LogP contribution < -0.4 is 16.0 Å². The Bertz CT molecular complexity index is 852. The van der Waals surface area contributed by atoms with E-state index in [0.717, 1.165) is 5.56 Å². The van der Waals surface area contributed by atoms with Gasteiger partial charge in [-0.15, -0.1) is 0 Å². The molecule has 2 aromatic carbocycles. The van der Waals surface area contributed by atoms with E-state index in [1.807, 2.05) is 12.1 Å². The number of hydrogen-bond acceptors (Lipinski definition) is 3. The Balaban J connectivity index is 1.82. The zero-order valence-corrected chi connectivity index (χ0v) is 16.8. The van der Waals surface area contributed by atoms with Gasteiger partial charge in [0.25, 0.3) is 5.91 Å². The van der Waals surface area contributed by atoms with Gasteiger partial charge in [-0.3, -0.25) is 14.4 Å². The number of anilines is 2. The molecule has 0 aliphatic carbocycles. The molecule has 28 heavy (non-hydrogen) atoms. The van der Waals surface area contributed by atoms with E-state index in [1.54, 1.807) is 36.4 Å². The smallest absolute Gasteiger partial charge is 0.251 e. The molecule has 6 nitrogen and oxygen atoms in total. The van der Waals surface area contributed by atoms with E-state index in [1.165, 1.54) is 6.92 Å². The van der Waals surface area contributed by atoms with Crippen molar-refractivity contribution in [3.05, 3.63) is 59.7 Å². The summed E-state index contributed by atoms with van der Waals surface area (Å²) in [6.45, 7) is 8.01. The van der Waals surface area contributed by atoms with Crippen molar-refractivity contribution in [2.75, 3.05) is 17.2 Å². The van der Waals surface area contributed by atoms with Gasteiger partial charge in [-0.1, -0.05) is 39.0 Å². The minimum atomic E-state index is -0.219. The molecule has 0 bridgehead atoms. The van der Waals surface area contributed by atoms with Gasteiger partial charge in [-0.2, -0.15) is 0 Å². The zero-order chi connectivity index (χ0) is 20.7. The summed E-state index contributed by atoms with van der Waals surface area (Å²) in [5, 5.41) is 8.17. The third-order valence-corrected chi connectivity index (χ3v) is 4.12. The summed E-state index contributed by atoms with van der Waals surface area (Å²) in [4.78, 5) is 35.4. The molecular formula is C22H27N3O3. The van der Waals surface area contributed by atoms with E-state index >= 15 is 0 Å². The minimum absolute atomic E-state index is 0.0321. The monoisotopic (exact) mass is 381 g/mol. The fraction of sp³-hybridized carbons (Fsp3) is 0.318. The summed E-state index contributed by atoms with van der Waals surface area (Å²) >= 11 is 0. The van der Waals surface area contributed by atoms with Crippen LogP contribution in [0.1, 0.15) is 50.0 Å². The maximum atomic E-state index is 12.2. The van der Waals surface area contributed by atoms with Crippen molar-refractivity contribution in [3.8, 4) is 0 Å². The number of nitrogens with one attached hydrogen (secondary N) is 3. The first-order chi connectivity index (χ1) is 13.1. The second-order valence-corrected chi connectivity index (χ2v) is 7.64. The van der Waals surface area contributed by atoms with Gasteiger partial charge in [-0.25, -0.2) is 0 Å². The lowest BCUT2D eigenvalue weighted by Crippen LogP contribution is -2.27. The summed E-state index contributed by atoms with van der Waals surface area (Å²) in [5.74, 6) is -0.606. The molecule has 2 aromatic rings. The molecule has 0 aliphatic rings. The van der Waals surface area contributed by atoms with Gasteiger partial charge in [0.2, 0.25) is 11.8 Å². The van der Waals surface area contributed by atoms with Gasteiger partial charge in [0, 0.05) is 36.8 Å². The summed E-state index contributed by atoms with van der Waals surface area (Å²) in [5.41, 5.74) is 2.95. The second-order valence-electron chi connectivity index (χ2n) is 7.64. The molecular weight excluding hydrogens is 354 g/mol. The standard InChI is InChI=1S/C22H27N3O3/c1-15(26)24-18-6-5-7-19(14-18)25-20(27)12-13-23-21(28)16-8-10-17(11-9-16)22(2,3)4/h5-11,14H,12-13H2,1-4H3,(H,23,28)(H,24,26)(H,25,27).